The monoisotopic (exact) mass is 390 g/mol. The average molecular weight is 391 g/mol. The molecule has 0 saturated heterocycles. The van der Waals surface area contributed by atoms with Crippen molar-refractivity contribution in [1.82, 2.24) is 0 Å². The molecular weight excluding hydrogens is 356 g/mol. The number of allylic oxidation sites excluding steroid dienone is 2. The Morgan fingerprint density at radius 3 is 2.54 bits per heavy atom. The summed E-state index contributed by atoms with van der Waals surface area (Å²) >= 11 is 0. The number of Topliss-reactive ketones (excluding diaryl/α,β-unsaturated/α-hetero) is 1. The van der Waals surface area contributed by atoms with Crippen LogP contribution in [0.1, 0.15) is 66.2 Å². The van der Waals surface area contributed by atoms with Crippen LogP contribution in [0.5, 0.6) is 0 Å². The molecule has 5 heteroatoms. The molecule has 0 spiro atoms. The van der Waals surface area contributed by atoms with Gasteiger partial charge in [0.25, 0.3) is 0 Å². The Bertz CT molecular complexity index is 691. The molecule has 28 heavy (non-hydrogen) atoms. The molecule has 0 aromatic heterocycles. The standard InChI is InChI=1S/C23H34O5/c1-15(13-21(26)27-6)7-9-18-16(2)8-10-19-22(18,4)12-11-20(25)23(19,5)14-28-17(3)24/h13,18-19H,2,7-12,14H2,1,3-6H3/b15-13+/t18-,19+,22+,23-/m0/s1. The van der Waals surface area contributed by atoms with Crippen LogP contribution in [-0.4, -0.2) is 31.4 Å². The normalized spacial score (nSPS) is 33.2. The fourth-order valence-electron chi connectivity index (χ4n) is 5.47. The molecular formula is C23H34O5. The van der Waals surface area contributed by atoms with Crippen LogP contribution >= 0.6 is 0 Å². The lowest BCUT2D eigenvalue weighted by Crippen LogP contribution is -2.56. The maximum atomic E-state index is 12.9. The largest absolute Gasteiger partial charge is 0.466 e. The first-order valence-corrected chi connectivity index (χ1v) is 10.1. The summed E-state index contributed by atoms with van der Waals surface area (Å²) in [6, 6.07) is 0. The molecule has 0 aliphatic heterocycles. The quantitative estimate of drug-likeness (QED) is 0.382. The van der Waals surface area contributed by atoms with Crippen molar-refractivity contribution in [2.75, 3.05) is 13.7 Å². The van der Waals surface area contributed by atoms with Crippen molar-refractivity contribution in [3.8, 4) is 0 Å². The zero-order valence-corrected chi connectivity index (χ0v) is 17.9. The second-order valence-electron chi connectivity index (χ2n) is 8.98. The van der Waals surface area contributed by atoms with Crippen LogP contribution in [0, 0.1) is 22.7 Å². The molecule has 2 saturated carbocycles. The molecule has 2 aliphatic carbocycles. The van der Waals surface area contributed by atoms with Crippen molar-refractivity contribution in [2.24, 2.45) is 22.7 Å². The Morgan fingerprint density at radius 1 is 1.25 bits per heavy atom. The summed E-state index contributed by atoms with van der Waals surface area (Å²) < 4.78 is 10.0. The van der Waals surface area contributed by atoms with Gasteiger partial charge in [-0.3, -0.25) is 9.59 Å². The van der Waals surface area contributed by atoms with E-state index in [2.05, 4.69) is 13.5 Å². The van der Waals surface area contributed by atoms with Gasteiger partial charge in [-0.2, -0.15) is 0 Å². The number of ether oxygens (including phenoxy) is 2. The Labute approximate surface area is 168 Å². The molecule has 0 aromatic carbocycles. The topological polar surface area (TPSA) is 69.7 Å². The summed E-state index contributed by atoms with van der Waals surface area (Å²) in [6.07, 6.45) is 6.33. The van der Waals surface area contributed by atoms with Crippen molar-refractivity contribution < 1.29 is 23.9 Å². The van der Waals surface area contributed by atoms with Crippen LogP contribution in [0.3, 0.4) is 0 Å². The molecule has 2 fully saturated rings. The second-order valence-corrected chi connectivity index (χ2v) is 8.98. The molecule has 5 nitrogen and oxygen atoms in total. The van der Waals surface area contributed by atoms with Gasteiger partial charge in [-0.05, 0) is 63.2 Å². The van der Waals surface area contributed by atoms with Crippen molar-refractivity contribution in [3.63, 3.8) is 0 Å². The molecule has 0 heterocycles. The first-order chi connectivity index (χ1) is 13.0. The summed E-state index contributed by atoms with van der Waals surface area (Å²) in [5.41, 5.74) is 1.51. The van der Waals surface area contributed by atoms with Crippen LogP contribution in [-0.2, 0) is 23.9 Å². The smallest absolute Gasteiger partial charge is 0.330 e. The van der Waals surface area contributed by atoms with E-state index in [0.717, 1.165) is 37.7 Å². The number of hydrogen-bond acceptors (Lipinski definition) is 5. The zero-order valence-electron chi connectivity index (χ0n) is 17.9. The number of carbonyl (C=O) groups excluding carboxylic acids is 3. The zero-order chi connectivity index (χ0) is 21.1. The van der Waals surface area contributed by atoms with Gasteiger partial charge in [-0.25, -0.2) is 4.79 Å². The lowest BCUT2D eigenvalue weighted by atomic mass is 9.46. The Morgan fingerprint density at radius 2 is 1.93 bits per heavy atom. The molecule has 0 N–H and O–H groups in total. The van der Waals surface area contributed by atoms with Gasteiger partial charge in [0.15, 0.2) is 0 Å². The second kappa shape index (κ2) is 8.62. The van der Waals surface area contributed by atoms with Crippen LogP contribution in [0.4, 0.5) is 0 Å². The first kappa shape index (κ1) is 22.4. The summed E-state index contributed by atoms with van der Waals surface area (Å²) in [6.45, 7) is 12.1. The van der Waals surface area contributed by atoms with E-state index in [1.165, 1.54) is 19.6 Å². The fraction of sp³-hybridized carbons (Fsp3) is 0.696. The lowest BCUT2D eigenvalue weighted by molar-refractivity contribution is -0.162. The highest BCUT2D eigenvalue weighted by molar-refractivity contribution is 5.86. The molecule has 2 rings (SSSR count). The van der Waals surface area contributed by atoms with E-state index in [-0.39, 0.29) is 41.6 Å². The molecule has 0 amide bonds. The molecule has 0 bridgehead atoms. The number of methoxy groups -OCH3 is 1. The number of rotatable bonds is 6. The summed E-state index contributed by atoms with van der Waals surface area (Å²) in [4.78, 5) is 35.7. The van der Waals surface area contributed by atoms with Gasteiger partial charge in [-0.15, -0.1) is 0 Å². The number of carbonyl (C=O) groups is 3. The average Bonchev–Trinajstić information content (AvgIpc) is 2.63. The fourth-order valence-corrected chi connectivity index (χ4v) is 5.47. The van der Waals surface area contributed by atoms with Gasteiger partial charge < -0.3 is 9.47 Å². The molecule has 0 radical (unpaired) electrons. The van der Waals surface area contributed by atoms with Gasteiger partial charge in [0, 0.05) is 19.4 Å². The Balaban J connectivity index is 2.25. The van der Waals surface area contributed by atoms with Crippen LogP contribution in [0.15, 0.2) is 23.8 Å². The van der Waals surface area contributed by atoms with Crippen LogP contribution in [0.25, 0.3) is 0 Å². The maximum Gasteiger partial charge on any atom is 0.330 e. The number of fused-ring (bicyclic) bond motifs is 1. The molecule has 0 unspecified atom stereocenters. The van der Waals surface area contributed by atoms with E-state index in [4.69, 9.17) is 9.47 Å². The van der Waals surface area contributed by atoms with E-state index in [1.807, 2.05) is 13.8 Å². The molecule has 4 atom stereocenters. The minimum absolute atomic E-state index is 0.0658. The third kappa shape index (κ3) is 4.39. The summed E-state index contributed by atoms with van der Waals surface area (Å²) in [7, 11) is 1.38. The van der Waals surface area contributed by atoms with Gasteiger partial charge in [0.1, 0.15) is 12.4 Å². The minimum atomic E-state index is -0.644. The van der Waals surface area contributed by atoms with Crippen molar-refractivity contribution >= 4 is 17.7 Å². The van der Waals surface area contributed by atoms with Crippen LogP contribution in [0.2, 0.25) is 0 Å². The maximum absolute atomic E-state index is 12.9. The van der Waals surface area contributed by atoms with E-state index in [9.17, 15) is 14.4 Å². The molecule has 0 aromatic rings. The van der Waals surface area contributed by atoms with Crippen molar-refractivity contribution in [2.45, 2.75) is 66.2 Å². The third-order valence-electron chi connectivity index (χ3n) is 7.10. The molecule has 2 aliphatic rings. The minimum Gasteiger partial charge on any atom is -0.466 e. The Kier molecular flexibility index (Phi) is 6.89. The highest BCUT2D eigenvalue weighted by atomic mass is 16.5. The summed E-state index contributed by atoms with van der Waals surface area (Å²) in [5.74, 6) is -0.0508. The van der Waals surface area contributed by atoms with Gasteiger partial charge >= 0.3 is 11.9 Å². The van der Waals surface area contributed by atoms with E-state index in [1.54, 1.807) is 6.08 Å². The number of esters is 2. The van der Waals surface area contributed by atoms with Crippen LogP contribution < -0.4 is 0 Å². The summed E-state index contributed by atoms with van der Waals surface area (Å²) in [5, 5.41) is 0. The Hall–Kier alpha value is -1.91. The first-order valence-electron chi connectivity index (χ1n) is 10.1. The van der Waals surface area contributed by atoms with E-state index in [0.29, 0.717) is 6.42 Å². The van der Waals surface area contributed by atoms with Crippen molar-refractivity contribution in [1.29, 1.82) is 0 Å². The SMILES string of the molecule is C=C1CC[C@@H]2[C@](C)(CCC(=O)[C@@]2(C)COC(C)=O)[C@H]1CC/C(C)=C/C(=O)OC. The highest BCUT2D eigenvalue weighted by Gasteiger charge is 2.58. The predicted octanol–water partition coefficient (Wildman–Crippen LogP) is 4.41. The number of hydrogen-bond donors (Lipinski definition) is 0. The highest BCUT2D eigenvalue weighted by Crippen LogP contribution is 2.61. The van der Waals surface area contributed by atoms with Gasteiger partial charge in [0.2, 0.25) is 0 Å². The third-order valence-corrected chi connectivity index (χ3v) is 7.10. The predicted molar refractivity (Wildman–Crippen MR) is 107 cm³/mol. The molecule has 156 valence electrons. The number of ketones is 1. The van der Waals surface area contributed by atoms with Crippen molar-refractivity contribution in [3.05, 3.63) is 23.8 Å². The van der Waals surface area contributed by atoms with Gasteiger partial charge in [0.05, 0.1) is 12.5 Å². The lowest BCUT2D eigenvalue weighted by Gasteiger charge is -2.57. The van der Waals surface area contributed by atoms with Gasteiger partial charge in [-0.1, -0.05) is 24.6 Å². The van der Waals surface area contributed by atoms with E-state index >= 15 is 0 Å². The van der Waals surface area contributed by atoms with E-state index < -0.39 is 5.41 Å².